The van der Waals surface area contributed by atoms with E-state index in [1.165, 1.54) is 19.2 Å². The topological polar surface area (TPSA) is 75.3 Å². The summed E-state index contributed by atoms with van der Waals surface area (Å²) in [5, 5.41) is 2.42. The van der Waals surface area contributed by atoms with Crippen molar-refractivity contribution < 1.29 is 13.2 Å². The van der Waals surface area contributed by atoms with Crippen LogP contribution in [0.2, 0.25) is 5.02 Å². The number of amides is 1. The summed E-state index contributed by atoms with van der Waals surface area (Å²) in [5.74, 6) is -0.421. The summed E-state index contributed by atoms with van der Waals surface area (Å²) in [6.07, 6.45) is 0. The molecule has 0 aliphatic rings. The Hall–Kier alpha value is -1.11. The molecule has 16 heavy (non-hydrogen) atoms. The summed E-state index contributed by atoms with van der Waals surface area (Å²) in [6, 6.07) is 6.02. The Bertz CT molecular complexity index is 487. The fraction of sp³-hybridized carbons (Fsp3) is 0.222. The first-order chi connectivity index (χ1) is 7.47. The maximum atomic E-state index is 11.7. The predicted octanol–water partition coefficient (Wildman–Crippen LogP) is 0.364. The maximum Gasteiger partial charge on any atom is 0.242 e. The standard InChI is InChI=1S/C9H11ClN2O3S/c1-11-9(13)6-12-16(14,15)8-5-3-2-4-7(8)10/h2-5,12H,6H2,1H3,(H,11,13). The minimum atomic E-state index is -3.74. The van der Waals surface area contributed by atoms with Gasteiger partial charge < -0.3 is 5.32 Å². The molecule has 0 fully saturated rings. The van der Waals surface area contributed by atoms with Gasteiger partial charge in [-0.05, 0) is 12.1 Å². The molecule has 1 aromatic rings. The number of benzene rings is 1. The molecule has 0 radical (unpaired) electrons. The monoisotopic (exact) mass is 262 g/mol. The zero-order valence-electron chi connectivity index (χ0n) is 8.53. The van der Waals surface area contributed by atoms with Gasteiger partial charge in [-0.2, -0.15) is 0 Å². The van der Waals surface area contributed by atoms with E-state index in [9.17, 15) is 13.2 Å². The van der Waals surface area contributed by atoms with Gasteiger partial charge in [-0.1, -0.05) is 23.7 Å². The van der Waals surface area contributed by atoms with Gasteiger partial charge >= 0.3 is 0 Å². The third-order valence-electron chi connectivity index (χ3n) is 1.83. The second-order valence-electron chi connectivity index (χ2n) is 2.93. The number of likely N-dealkylation sites (N-methyl/N-ethyl adjacent to an activating group) is 1. The zero-order valence-corrected chi connectivity index (χ0v) is 10.1. The Morgan fingerprint density at radius 2 is 2.00 bits per heavy atom. The van der Waals surface area contributed by atoms with Crippen molar-refractivity contribution in [3.8, 4) is 0 Å². The highest BCUT2D eigenvalue weighted by Crippen LogP contribution is 2.19. The minimum Gasteiger partial charge on any atom is -0.358 e. The number of rotatable bonds is 4. The molecule has 0 heterocycles. The van der Waals surface area contributed by atoms with Crippen LogP contribution in [-0.4, -0.2) is 27.9 Å². The first-order valence-electron chi connectivity index (χ1n) is 4.42. The normalized spacial score (nSPS) is 11.1. The van der Waals surface area contributed by atoms with Crippen molar-refractivity contribution >= 4 is 27.5 Å². The largest absolute Gasteiger partial charge is 0.358 e. The van der Waals surface area contributed by atoms with Crippen LogP contribution in [0.4, 0.5) is 0 Å². The lowest BCUT2D eigenvalue weighted by molar-refractivity contribution is -0.119. The van der Waals surface area contributed by atoms with Crippen LogP contribution in [0.1, 0.15) is 0 Å². The predicted molar refractivity (Wildman–Crippen MR) is 60.7 cm³/mol. The number of hydrogen-bond acceptors (Lipinski definition) is 3. The van der Waals surface area contributed by atoms with E-state index >= 15 is 0 Å². The molecule has 2 N–H and O–H groups in total. The molecular formula is C9H11ClN2O3S. The Balaban J connectivity index is 2.87. The number of carbonyl (C=O) groups excluding carboxylic acids is 1. The van der Waals surface area contributed by atoms with Crippen molar-refractivity contribution in [2.45, 2.75) is 4.90 Å². The molecule has 0 aliphatic carbocycles. The number of halogens is 1. The second-order valence-corrected chi connectivity index (χ2v) is 5.07. The molecule has 5 nitrogen and oxygen atoms in total. The van der Waals surface area contributed by atoms with Gasteiger partial charge in [0.05, 0.1) is 11.6 Å². The minimum absolute atomic E-state index is 0.0411. The van der Waals surface area contributed by atoms with Crippen molar-refractivity contribution in [3.63, 3.8) is 0 Å². The van der Waals surface area contributed by atoms with Gasteiger partial charge in [-0.15, -0.1) is 0 Å². The lowest BCUT2D eigenvalue weighted by Gasteiger charge is -2.07. The van der Waals surface area contributed by atoms with E-state index in [0.29, 0.717) is 0 Å². The van der Waals surface area contributed by atoms with E-state index in [-0.39, 0.29) is 16.5 Å². The Morgan fingerprint density at radius 3 is 2.56 bits per heavy atom. The number of sulfonamides is 1. The lowest BCUT2D eigenvalue weighted by Crippen LogP contribution is -2.35. The van der Waals surface area contributed by atoms with Gasteiger partial charge in [0.2, 0.25) is 15.9 Å². The average Bonchev–Trinajstić information content (AvgIpc) is 2.26. The van der Waals surface area contributed by atoms with E-state index in [1.54, 1.807) is 12.1 Å². The lowest BCUT2D eigenvalue weighted by atomic mass is 10.4. The Labute approximate surface area is 98.9 Å². The molecule has 0 bridgehead atoms. The van der Waals surface area contributed by atoms with Crippen LogP contribution >= 0.6 is 11.6 Å². The number of hydrogen-bond donors (Lipinski definition) is 2. The van der Waals surface area contributed by atoms with Crippen LogP contribution in [0, 0.1) is 0 Å². The van der Waals surface area contributed by atoms with Crippen molar-refractivity contribution in [1.29, 1.82) is 0 Å². The Kier molecular flexibility index (Phi) is 4.28. The molecule has 1 rings (SSSR count). The molecule has 0 aromatic heterocycles. The van der Waals surface area contributed by atoms with Gasteiger partial charge in [0.1, 0.15) is 4.90 Å². The highest BCUT2D eigenvalue weighted by molar-refractivity contribution is 7.89. The summed E-state index contributed by atoms with van der Waals surface area (Å²) in [5.41, 5.74) is 0. The molecule has 88 valence electrons. The fourth-order valence-corrected chi connectivity index (χ4v) is 2.49. The summed E-state index contributed by atoms with van der Waals surface area (Å²) >= 11 is 5.74. The van der Waals surface area contributed by atoms with Crippen LogP contribution in [0.3, 0.4) is 0 Å². The Morgan fingerprint density at radius 1 is 1.38 bits per heavy atom. The van der Waals surface area contributed by atoms with Crippen LogP contribution in [0.25, 0.3) is 0 Å². The van der Waals surface area contributed by atoms with E-state index in [0.717, 1.165) is 0 Å². The van der Waals surface area contributed by atoms with Crippen LogP contribution in [-0.2, 0) is 14.8 Å². The summed E-state index contributed by atoms with van der Waals surface area (Å²) < 4.78 is 25.5. The zero-order chi connectivity index (χ0) is 12.2. The van der Waals surface area contributed by atoms with Crippen molar-refractivity contribution in [2.75, 3.05) is 13.6 Å². The smallest absolute Gasteiger partial charge is 0.242 e. The van der Waals surface area contributed by atoms with Crippen molar-refractivity contribution in [3.05, 3.63) is 29.3 Å². The molecule has 0 saturated heterocycles. The van der Waals surface area contributed by atoms with E-state index in [1.807, 2.05) is 0 Å². The molecule has 0 aliphatic heterocycles. The first kappa shape index (κ1) is 13.0. The number of nitrogens with one attached hydrogen (secondary N) is 2. The van der Waals surface area contributed by atoms with Crippen molar-refractivity contribution in [2.24, 2.45) is 0 Å². The van der Waals surface area contributed by atoms with Crippen molar-refractivity contribution in [1.82, 2.24) is 10.0 Å². The molecule has 7 heteroatoms. The van der Waals surface area contributed by atoms with Crippen LogP contribution < -0.4 is 10.0 Å². The quantitative estimate of drug-likeness (QED) is 0.823. The molecule has 0 spiro atoms. The highest BCUT2D eigenvalue weighted by atomic mass is 35.5. The molecule has 0 atom stereocenters. The summed E-state index contributed by atoms with van der Waals surface area (Å²) in [4.78, 5) is 10.9. The molecule has 1 aromatic carbocycles. The molecular weight excluding hydrogens is 252 g/mol. The second kappa shape index (κ2) is 5.29. The molecule has 0 saturated carbocycles. The number of carbonyl (C=O) groups is 1. The molecule has 1 amide bonds. The average molecular weight is 263 g/mol. The van der Waals surface area contributed by atoms with Gasteiger partial charge in [0.15, 0.2) is 0 Å². The summed E-state index contributed by atoms with van der Waals surface area (Å²) in [6.45, 7) is -0.315. The van der Waals surface area contributed by atoms with Gasteiger partial charge in [-0.25, -0.2) is 13.1 Å². The maximum absolute atomic E-state index is 11.7. The van der Waals surface area contributed by atoms with Gasteiger partial charge in [0, 0.05) is 7.05 Å². The fourth-order valence-electron chi connectivity index (χ4n) is 0.989. The van der Waals surface area contributed by atoms with E-state index in [2.05, 4.69) is 10.0 Å². The van der Waals surface area contributed by atoms with Gasteiger partial charge in [0.25, 0.3) is 0 Å². The van der Waals surface area contributed by atoms with Crippen LogP contribution in [0.15, 0.2) is 29.2 Å². The molecule has 0 unspecified atom stereocenters. The summed E-state index contributed by atoms with van der Waals surface area (Å²) in [7, 11) is -2.32. The SMILES string of the molecule is CNC(=O)CNS(=O)(=O)c1ccccc1Cl. The van der Waals surface area contributed by atoms with E-state index in [4.69, 9.17) is 11.6 Å². The third-order valence-corrected chi connectivity index (χ3v) is 3.73. The highest BCUT2D eigenvalue weighted by Gasteiger charge is 2.17. The first-order valence-corrected chi connectivity index (χ1v) is 6.28. The van der Waals surface area contributed by atoms with Crippen LogP contribution in [0.5, 0.6) is 0 Å². The third kappa shape index (κ3) is 3.19. The van der Waals surface area contributed by atoms with Gasteiger partial charge in [-0.3, -0.25) is 4.79 Å². The van der Waals surface area contributed by atoms with E-state index < -0.39 is 15.9 Å².